The first kappa shape index (κ1) is 20.0. The summed E-state index contributed by atoms with van der Waals surface area (Å²) in [5, 5.41) is 8.25. The molecular weight excluding hydrogens is 418 g/mol. The number of pyridine rings is 2. The quantitative estimate of drug-likeness (QED) is 0.512. The molecule has 1 unspecified atom stereocenters. The largest absolute Gasteiger partial charge is 0.486 e. The lowest BCUT2D eigenvalue weighted by Crippen LogP contribution is -2.44. The van der Waals surface area contributed by atoms with Gasteiger partial charge in [0, 0.05) is 24.3 Å². The molecule has 0 saturated carbocycles. The highest BCUT2D eigenvalue weighted by molar-refractivity contribution is 6.03. The second-order valence-corrected chi connectivity index (χ2v) is 8.49. The van der Waals surface area contributed by atoms with Crippen LogP contribution in [0.2, 0.25) is 0 Å². The lowest BCUT2D eigenvalue weighted by molar-refractivity contribution is 0.0986. The SMILES string of the molecule is Cc1cnc(-c2ccn[nH]2)c2nc(N3CCOCC3C)cc(-c3ccc4c(c3)OCCO4)c12. The number of H-pyrrole nitrogens is 1. The van der Waals surface area contributed by atoms with Crippen LogP contribution in [0.1, 0.15) is 12.5 Å². The van der Waals surface area contributed by atoms with Gasteiger partial charge in [-0.15, -0.1) is 0 Å². The minimum Gasteiger partial charge on any atom is -0.486 e. The maximum Gasteiger partial charge on any atom is 0.161 e. The Balaban J connectivity index is 1.62. The summed E-state index contributed by atoms with van der Waals surface area (Å²) in [6.45, 7) is 7.52. The number of anilines is 1. The molecule has 3 aromatic heterocycles. The van der Waals surface area contributed by atoms with Crippen molar-refractivity contribution < 1.29 is 14.2 Å². The molecule has 1 fully saturated rings. The van der Waals surface area contributed by atoms with E-state index in [1.54, 1.807) is 6.20 Å². The number of ether oxygens (including phenoxy) is 3. The van der Waals surface area contributed by atoms with E-state index in [-0.39, 0.29) is 6.04 Å². The topological polar surface area (TPSA) is 85.4 Å². The van der Waals surface area contributed by atoms with Crippen molar-refractivity contribution >= 4 is 16.7 Å². The molecule has 5 heterocycles. The van der Waals surface area contributed by atoms with Gasteiger partial charge in [-0.25, -0.2) is 4.98 Å². The van der Waals surface area contributed by atoms with E-state index in [1.807, 2.05) is 18.3 Å². The van der Waals surface area contributed by atoms with Crippen molar-refractivity contribution in [2.24, 2.45) is 0 Å². The van der Waals surface area contributed by atoms with Crippen LogP contribution < -0.4 is 14.4 Å². The van der Waals surface area contributed by atoms with E-state index in [2.05, 4.69) is 47.1 Å². The normalized spacial score (nSPS) is 18.0. The summed E-state index contributed by atoms with van der Waals surface area (Å²) in [5.41, 5.74) is 5.68. The summed E-state index contributed by atoms with van der Waals surface area (Å²) in [5.74, 6) is 2.46. The van der Waals surface area contributed by atoms with Crippen LogP contribution in [-0.4, -0.2) is 59.2 Å². The van der Waals surface area contributed by atoms with E-state index in [0.29, 0.717) is 26.4 Å². The fraction of sp³-hybridized carbons (Fsp3) is 0.320. The van der Waals surface area contributed by atoms with Gasteiger partial charge in [-0.2, -0.15) is 5.10 Å². The van der Waals surface area contributed by atoms with Crippen LogP contribution in [0.25, 0.3) is 33.4 Å². The molecule has 0 bridgehead atoms. The molecular formula is C25H25N5O3. The number of hydrogen-bond acceptors (Lipinski definition) is 7. The van der Waals surface area contributed by atoms with Gasteiger partial charge in [0.2, 0.25) is 0 Å². The Kier molecular flexibility index (Phi) is 4.87. The molecule has 0 radical (unpaired) electrons. The number of rotatable bonds is 3. The van der Waals surface area contributed by atoms with Crippen LogP contribution in [-0.2, 0) is 4.74 Å². The number of benzene rings is 1. The van der Waals surface area contributed by atoms with Gasteiger partial charge in [-0.1, -0.05) is 6.07 Å². The molecule has 1 saturated heterocycles. The third kappa shape index (κ3) is 3.47. The van der Waals surface area contributed by atoms with E-state index in [4.69, 9.17) is 24.2 Å². The zero-order chi connectivity index (χ0) is 22.4. The summed E-state index contributed by atoms with van der Waals surface area (Å²) in [6, 6.07) is 10.5. The number of aromatic amines is 1. The second kappa shape index (κ2) is 8.04. The predicted octanol–water partition coefficient (Wildman–Crippen LogP) is 3.99. The number of aromatic nitrogens is 4. The van der Waals surface area contributed by atoms with Crippen LogP contribution in [0, 0.1) is 6.92 Å². The number of hydrogen-bond donors (Lipinski definition) is 1. The fourth-order valence-electron chi connectivity index (χ4n) is 4.63. The van der Waals surface area contributed by atoms with Crippen LogP contribution in [0.15, 0.2) is 42.7 Å². The maximum absolute atomic E-state index is 5.88. The summed E-state index contributed by atoms with van der Waals surface area (Å²) >= 11 is 0. The Labute approximate surface area is 191 Å². The predicted molar refractivity (Wildman–Crippen MR) is 126 cm³/mol. The van der Waals surface area contributed by atoms with E-state index in [9.17, 15) is 0 Å². The van der Waals surface area contributed by atoms with Gasteiger partial charge in [0.25, 0.3) is 0 Å². The van der Waals surface area contributed by atoms with Crippen molar-refractivity contribution in [3.63, 3.8) is 0 Å². The van der Waals surface area contributed by atoms with Crippen molar-refractivity contribution in [3.05, 3.63) is 48.3 Å². The number of nitrogens with one attached hydrogen (secondary N) is 1. The average molecular weight is 444 g/mol. The van der Waals surface area contributed by atoms with Crippen molar-refractivity contribution in [1.29, 1.82) is 0 Å². The fourth-order valence-corrected chi connectivity index (χ4v) is 4.63. The first-order chi connectivity index (χ1) is 16.2. The Hall–Kier alpha value is -3.65. The molecule has 4 aromatic rings. The Morgan fingerprint density at radius 2 is 1.94 bits per heavy atom. The van der Waals surface area contributed by atoms with E-state index < -0.39 is 0 Å². The molecule has 0 spiro atoms. The number of morpholine rings is 1. The van der Waals surface area contributed by atoms with Gasteiger partial charge in [-0.05, 0) is 54.8 Å². The molecule has 2 aliphatic heterocycles. The Morgan fingerprint density at radius 1 is 1.06 bits per heavy atom. The van der Waals surface area contributed by atoms with Crippen LogP contribution in [0.4, 0.5) is 5.82 Å². The molecule has 6 rings (SSSR count). The highest BCUT2D eigenvalue weighted by atomic mass is 16.6. The Morgan fingerprint density at radius 3 is 2.76 bits per heavy atom. The van der Waals surface area contributed by atoms with Crippen LogP contribution >= 0.6 is 0 Å². The van der Waals surface area contributed by atoms with Gasteiger partial charge in [-0.3, -0.25) is 10.1 Å². The van der Waals surface area contributed by atoms with E-state index >= 15 is 0 Å². The molecule has 1 aromatic carbocycles. The van der Waals surface area contributed by atoms with E-state index in [0.717, 1.165) is 62.8 Å². The third-order valence-corrected chi connectivity index (χ3v) is 6.28. The van der Waals surface area contributed by atoms with Crippen molar-refractivity contribution in [1.82, 2.24) is 20.2 Å². The average Bonchev–Trinajstić information content (AvgIpc) is 3.38. The monoisotopic (exact) mass is 443 g/mol. The molecule has 0 aliphatic carbocycles. The maximum atomic E-state index is 5.88. The lowest BCUT2D eigenvalue weighted by Gasteiger charge is -2.35. The summed E-state index contributed by atoms with van der Waals surface area (Å²) in [4.78, 5) is 12.2. The summed E-state index contributed by atoms with van der Waals surface area (Å²) < 4.78 is 17.3. The van der Waals surface area contributed by atoms with Crippen LogP contribution in [0.3, 0.4) is 0 Å². The highest BCUT2D eigenvalue weighted by Gasteiger charge is 2.24. The Bertz CT molecular complexity index is 1320. The standard InChI is InChI=1S/C25H25N5O3/c1-15-13-26-24(19-5-6-27-29-19)25-23(15)18(12-22(28-25)30-7-8-31-14-16(30)2)17-3-4-20-21(11-17)33-10-9-32-20/h3-6,11-13,16H,7-10,14H2,1-2H3,(H,27,29). The minimum absolute atomic E-state index is 0.227. The second-order valence-electron chi connectivity index (χ2n) is 8.49. The number of aryl methyl sites for hydroxylation is 1. The van der Waals surface area contributed by atoms with Gasteiger partial charge in [0.1, 0.15) is 30.2 Å². The number of fused-ring (bicyclic) bond motifs is 2. The van der Waals surface area contributed by atoms with Gasteiger partial charge >= 0.3 is 0 Å². The highest BCUT2D eigenvalue weighted by Crippen LogP contribution is 2.40. The molecule has 8 nitrogen and oxygen atoms in total. The van der Waals surface area contributed by atoms with Gasteiger partial charge < -0.3 is 19.1 Å². The first-order valence-corrected chi connectivity index (χ1v) is 11.2. The number of nitrogens with zero attached hydrogens (tertiary/aromatic N) is 4. The zero-order valence-electron chi connectivity index (χ0n) is 18.7. The van der Waals surface area contributed by atoms with E-state index in [1.165, 1.54) is 0 Å². The van der Waals surface area contributed by atoms with Crippen LogP contribution in [0.5, 0.6) is 11.5 Å². The molecule has 1 N–H and O–H groups in total. The van der Waals surface area contributed by atoms with Crippen molar-refractivity contribution in [2.45, 2.75) is 19.9 Å². The van der Waals surface area contributed by atoms with Crippen molar-refractivity contribution in [2.75, 3.05) is 37.9 Å². The third-order valence-electron chi connectivity index (χ3n) is 6.28. The smallest absolute Gasteiger partial charge is 0.161 e. The lowest BCUT2D eigenvalue weighted by atomic mass is 9.96. The summed E-state index contributed by atoms with van der Waals surface area (Å²) in [6.07, 6.45) is 3.64. The molecule has 0 amide bonds. The minimum atomic E-state index is 0.227. The molecule has 168 valence electrons. The van der Waals surface area contributed by atoms with Gasteiger partial charge in [0.05, 0.1) is 24.9 Å². The van der Waals surface area contributed by atoms with Gasteiger partial charge in [0.15, 0.2) is 11.5 Å². The van der Waals surface area contributed by atoms with Crippen molar-refractivity contribution in [3.8, 4) is 34.0 Å². The summed E-state index contributed by atoms with van der Waals surface area (Å²) in [7, 11) is 0. The molecule has 8 heteroatoms. The molecule has 33 heavy (non-hydrogen) atoms. The first-order valence-electron chi connectivity index (χ1n) is 11.2. The molecule has 1 atom stereocenters. The zero-order valence-corrected chi connectivity index (χ0v) is 18.7. The molecule has 2 aliphatic rings.